The molecule has 0 spiro atoms. The van der Waals surface area contributed by atoms with E-state index in [4.69, 9.17) is 11.5 Å². The number of anilines is 1. The Labute approximate surface area is 84.7 Å². The molecule has 0 atom stereocenters. The first-order valence-electron chi connectivity index (χ1n) is 4.09. The van der Waals surface area contributed by atoms with Gasteiger partial charge < -0.3 is 11.5 Å². The number of carbonyl (C=O) groups excluding carboxylic acids is 1. The number of amides is 1. The third-order valence-electron chi connectivity index (χ3n) is 1.79. The zero-order valence-corrected chi connectivity index (χ0v) is 7.66. The first-order chi connectivity index (χ1) is 7.18. The molecular weight excluding hydrogens is 196 g/mol. The second-order valence-electron chi connectivity index (χ2n) is 2.84. The van der Waals surface area contributed by atoms with Crippen molar-refractivity contribution in [3.63, 3.8) is 0 Å². The lowest BCUT2D eigenvalue weighted by atomic mass is 10.2. The van der Waals surface area contributed by atoms with Crippen molar-refractivity contribution in [2.75, 3.05) is 5.73 Å². The highest BCUT2D eigenvalue weighted by molar-refractivity contribution is 5.96. The number of primary amides is 1. The van der Waals surface area contributed by atoms with E-state index in [1.807, 2.05) is 0 Å². The fourth-order valence-corrected chi connectivity index (χ4v) is 1.16. The molecule has 7 nitrogen and oxygen atoms in total. The molecule has 0 aliphatic rings. The minimum Gasteiger partial charge on any atom is -0.397 e. The number of nitrogen functional groups attached to an aromatic ring is 1. The number of aromatic nitrogens is 4. The summed E-state index contributed by atoms with van der Waals surface area (Å²) in [5.41, 5.74) is 11.3. The molecule has 4 N–H and O–H groups in total. The van der Waals surface area contributed by atoms with Gasteiger partial charge in [0.05, 0.1) is 17.4 Å². The highest BCUT2D eigenvalue weighted by atomic mass is 16.1. The Morgan fingerprint density at radius 1 is 1.47 bits per heavy atom. The van der Waals surface area contributed by atoms with Crippen molar-refractivity contribution in [1.82, 2.24) is 19.7 Å². The predicted octanol–water partition coefficient (Wildman–Crippen LogP) is -0.657. The minimum atomic E-state index is -0.611. The van der Waals surface area contributed by atoms with Crippen LogP contribution < -0.4 is 11.5 Å². The maximum Gasteiger partial charge on any atom is 0.252 e. The van der Waals surface area contributed by atoms with Crippen molar-refractivity contribution in [2.45, 2.75) is 0 Å². The van der Waals surface area contributed by atoms with Crippen molar-refractivity contribution in [2.24, 2.45) is 5.73 Å². The normalized spacial score (nSPS) is 10.1. The van der Waals surface area contributed by atoms with Gasteiger partial charge in [-0.3, -0.25) is 4.79 Å². The van der Waals surface area contributed by atoms with Gasteiger partial charge in [0.1, 0.15) is 12.7 Å². The summed E-state index contributed by atoms with van der Waals surface area (Å²) >= 11 is 0. The van der Waals surface area contributed by atoms with Crippen molar-refractivity contribution in [1.29, 1.82) is 0 Å². The SMILES string of the molecule is NC(=O)c1cc(N)cnc1-n1cncn1. The Bertz CT molecular complexity index is 492. The van der Waals surface area contributed by atoms with Crippen LogP contribution in [-0.4, -0.2) is 25.7 Å². The fourth-order valence-electron chi connectivity index (χ4n) is 1.16. The summed E-state index contributed by atoms with van der Waals surface area (Å²) in [7, 11) is 0. The van der Waals surface area contributed by atoms with E-state index in [0.717, 1.165) is 0 Å². The van der Waals surface area contributed by atoms with Gasteiger partial charge in [0.15, 0.2) is 5.82 Å². The number of rotatable bonds is 2. The molecule has 7 heteroatoms. The maximum absolute atomic E-state index is 11.1. The lowest BCUT2D eigenvalue weighted by Gasteiger charge is -2.05. The molecule has 0 bridgehead atoms. The average molecular weight is 204 g/mol. The first-order valence-corrected chi connectivity index (χ1v) is 4.09. The first kappa shape index (κ1) is 9.13. The Kier molecular flexibility index (Phi) is 2.05. The summed E-state index contributed by atoms with van der Waals surface area (Å²) in [5, 5.41) is 3.85. The van der Waals surface area contributed by atoms with Crippen LogP contribution in [0.5, 0.6) is 0 Å². The Balaban J connectivity index is 2.61. The number of hydrogen-bond donors (Lipinski definition) is 2. The van der Waals surface area contributed by atoms with Gasteiger partial charge in [0, 0.05) is 0 Å². The third kappa shape index (κ3) is 1.62. The van der Waals surface area contributed by atoms with E-state index in [1.54, 1.807) is 0 Å². The van der Waals surface area contributed by atoms with Crippen molar-refractivity contribution in [3.8, 4) is 5.82 Å². The molecule has 2 aromatic heterocycles. The maximum atomic E-state index is 11.1. The molecule has 0 saturated heterocycles. The predicted molar refractivity (Wildman–Crippen MR) is 52.1 cm³/mol. The lowest BCUT2D eigenvalue weighted by Crippen LogP contribution is -2.16. The molecule has 1 amide bonds. The van der Waals surface area contributed by atoms with Crippen molar-refractivity contribution in [3.05, 3.63) is 30.5 Å². The van der Waals surface area contributed by atoms with Crippen LogP contribution in [0.15, 0.2) is 24.9 Å². The molecule has 76 valence electrons. The zero-order chi connectivity index (χ0) is 10.8. The molecule has 0 aliphatic carbocycles. The molecule has 2 rings (SSSR count). The summed E-state index contributed by atoms with van der Waals surface area (Å²) in [4.78, 5) is 18.9. The summed E-state index contributed by atoms with van der Waals surface area (Å²) in [6.45, 7) is 0. The van der Waals surface area contributed by atoms with E-state index < -0.39 is 5.91 Å². The molecule has 0 aromatic carbocycles. The average Bonchev–Trinajstić information content (AvgIpc) is 2.70. The van der Waals surface area contributed by atoms with Gasteiger partial charge in [-0.1, -0.05) is 0 Å². The molecule has 0 fully saturated rings. The van der Waals surface area contributed by atoms with Gasteiger partial charge in [-0.15, -0.1) is 0 Å². The Morgan fingerprint density at radius 2 is 2.27 bits per heavy atom. The monoisotopic (exact) mass is 204 g/mol. The van der Waals surface area contributed by atoms with Crippen LogP contribution in [-0.2, 0) is 0 Å². The van der Waals surface area contributed by atoms with E-state index in [2.05, 4.69) is 15.1 Å². The molecule has 2 aromatic rings. The smallest absolute Gasteiger partial charge is 0.252 e. The van der Waals surface area contributed by atoms with Crippen LogP contribution in [0.4, 0.5) is 5.69 Å². The number of carbonyl (C=O) groups is 1. The molecule has 0 aliphatic heterocycles. The molecule has 15 heavy (non-hydrogen) atoms. The summed E-state index contributed by atoms with van der Waals surface area (Å²) in [5.74, 6) is -0.297. The summed E-state index contributed by atoms with van der Waals surface area (Å²) in [6, 6.07) is 1.45. The van der Waals surface area contributed by atoms with Gasteiger partial charge in [0.2, 0.25) is 0 Å². The van der Waals surface area contributed by atoms with E-state index >= 15 is 0 Å². The minimum absolute atomic E-state index is 0.209. The van der Waals surface area contributed by atoms with E-state index in [9.17, 15) is 4.79 Å². The third-order valence-corrected chi connectivity index (χ3v) is 1.79. The van der Waals surface area contributed by atoms with Gasteiger partial charge in [0.25, 0.3) is 5.91 Å². The van der Waals surface area contributed by atoms with Crippen LogP contribution >= 0.6 is 0 Å². The lowest BCUT2D eigenvalue weighted by molar-refractivity contribution is 0.1000. The second-order valence-corrected chi connectivity index (χ2v) is 2.84. The van der Waals surface area contributed by atoms with Crippen molar-refractivity contribution < 1.29 is 4.79 Å². The Hall–Kier alpha value is -2.44. The molecule has 0 unspecified atom stereocenters. The number of hydrogen-bond acceptors (Lipinski definition) is 5. The second kappa shape index (κ2) is 3.37. The largest absolute Gasteiger partial charge is 0.397 e. The van der Waals surface area contributed by atoms with Gasteiger partial charge in [-0.05, 0) is 6.07 Å². The zero-order valence-electron chi connectivity index (χ0n) is 7.66. The topological polar surface area (TPSA) is 113 Å². The quantitative estimate of drug-likeness (QED) is 0.674. The van der Waals surface area contributed by atoms with Gasteiger partial charge in [-0.2, -0.15) is 5.10 Å². The van der Waals surface area contributed by atoms with E-state index in [0.29, 0.717) is 11.5 Å². The van der Waals surface area contributed by atoms with Crippen LogP contribution in [0.1, 0.15) is 10.4 Å². The van der Waals surface area contributed by atoms with Gasteiger partial charge >= 0.3 is 0 Å². The molecular formula is C8H8N6O. The highest BCUT2D eigenvalue weighted by Gasteiger charge is 2.12. The van der Waals surface area contributed by atoms with Crippen LogP contribution in [0, 0.1) is 0 Å². The van der Waals surface area contributed by atoms with Crippen LogP contribution in [0.25, 0.3) is 5.82 Å². The number of pyridine rings is 1. The highest BCUT2D eigenvalue weighted by Crippen LogP contribution is 2.12. The number of nitrogens with zero attached hydrogens (tertiary/aromatic N) is 4. The van der Waals surface area contributed by atoms with E-state index in [-0.39, 0.29) is 5.56 Å². The van der Waals surface area contributed by atoms with Crippen molar-refractivity contribution >= 4 is 11.6 Å². The van der Waals surface area contributed by atoms with Crippen LogP contribution in [0.2, 0.25) is 0 Å². The van der Waals surface area contributed by atoms with Crippen LogP contribution in [0.3, 0.4) is 0 Å². The number of nitrogens with two attached hydrogens (primary N) is 2. The summed E-state index contributed by atoms with van der Waals surface area (Å²) in [6.07, 6.45) is 4.18. The molecule has 0 saturated carbocycles. The van der Waals surface area contributed by atoms with Gasteiger partial charge in [-0.25, -0.2) is 14.6 Å². The Morgan fingerprint density at radius 3 is 2.87 bits per heavy atom. The summed E-state index contributed by atoms with van der Waals surface area (Å²) < 4.78 is 1.35. The van der Waals surface area contributed by atoms with E-state index in [1.165, 1.54) is 29.6 Å². The molecule has 2 heterocycles. The fraction of sp³-hybridized carbons (Fsp3) is 0. The standard InChI is InChI=1S/C8H8N6O/c9-5-1-6(7(10)15)8(12-2-5)14-4-11-3-13-14/h1-4H,9H2,(H2,10,15). The molecule has 0 radical (unpaired) electrons.